The van der Waals surface area contributed by atoms with E-state index in [4.69, 9.17) is 4.98 Å². The number of amides is 1. The van der Waals surface area contributed by atoms with Crippen LogP contribution in [0.2, 0.25) is 0 Å². The van der Waals surface area contributed by atoms with Gasteiger partial charge in [0.25, 0.3) is 5.91 Å². The fraction of sp³-hybridized carbons (Fsp3) is 0.480. The highest BCUT2D eigenvalue weighted by Crippen LogP contribution is 2.26. The molecule has 164 valence electrons. The topological polar surface area (TPSA) is 54.3 Å². The number of hydrogen-bond donors (Lipinski definition) is 0. The number of fused-ring (bicyclic) bond motifs is 1. The summed E-state index contributed by atoms with van der Waals surface area (Å²) in [6.45, 7) is 12.8. The second-order valence-electron chi connectivity index (χ2n) is 9.08. The van der Waals surface area contributed by atoms with Crippen LogP contribution in [-0.4, -0.2) is 56.7 Å². The van der Waals surface area contributed by atoms with Crippen molar-refractivity contribution in [1.82, 2.24) is 24.6 Å². The van der Waals surface area contributed by atoms with Crippen molar-refractivity contribution in [3.63, 3.8) is 0 Å². The van der Waals surface area contributed by atoms with Crippen LogP contribution in [0.1, 0.15) is 67.7 Å². The monoisotopic (exact) mass is 419 g/mol. The molecule has 1 fully saturated rings. The van der Waals surface area contributed by atoms with Crippen LogP contribution in [-0.2, 0) is 6.54 Å². The first-order chi connectivity index (χ1) is 14.9. The van der Waals surface area contributed by atoms with Gasteiger partial charge in [-0.2, -0.15) is 5.10 Å². The predicted molar refractivity (Wildman–Crippen MR) is 124 cm³/mol. The molecule has 0 unspecified atom stereocenters. The van der Waals surface area contributed by atoms with Gasteiger partial charge in [0, 0.05) is 44.5 Å². The summed E-state index contributed by atoms with van der Waals surface area (Å²) in [4.78, 5) is 22.9. The fourth-order valence-corrected chi connectivity index (χ4v) is 4.23. The van der Waals surface area contributed by atoms with Gasteiger partial charge >= 0.3 is 0 Å². The molecule has 0 aliphatic carbocycles. The quantitative estimate of drug-likeness (QED) is 0.612. The number of benzene rings is 1. The van der Waals surface area contributed by atoms with E-state index in [0.717, 1.165) is 61.4 Å². The maximum absolute atomic E-state index is 13.6. The molecule has 2 aromatic heterocycles. The van der Waals surface area contributed by atoms with Gasteiger partial charge in [-0.15, -0.1) is 0 Å². The Bertz CT molecular complexity index is 1040. The molecule has 6 heteroatoms. The maximum atomic E-state index is 13.6. The van der Waals surface area contributed by atoms with E-state index in [0.29, 0.717) is 0 Å². The zero-order chi connectivity index (χ0) is 22.0. The Balaban J connectivity index is 1.57. The first kappa shape index (κ1) is 21.5. The van der Waals surface area contributed by atoms with Gasteiger partial charge in [-0.05, 0) is 37.8 Å². The van der Waals surface area contributed by atoms with E-state index >= 15 is 0 Å². The van der Waals surface area contributed by atoms with Crippen LogP contribution in [0.4, 0.5) is 0 Å². The predicted octanol–water partition coefficient (Wildman–Crippen LogP) is 4.48. The van der Waals surface area contributed by atoms with Crippen molar-refractivity contribution >= 4 is 16.9 Å². The standard InChI is InChI=1S/C25H33N5O/c1-18(2)23-15-21(22-16-26-30(19(3)4)24(22)27-23)25(31)29-12-8-11-28(13-14-29)17-20-9-6-5-7-10-20/h5-7,9-10,15-16,18-19H,8,11-14,17H2,1-4H3. The van der Waals surface area contributed by atoms with Gasteiger partial charge in [0.1, 0.15) is 0 Å². The minimum Gasteiger partial charge on any atom is -0.337 e. The molecule has 4 rings (SSSR count). The lowest BCUT2D eigenvalue weighted by atomic mass is 10.0. The van der Waals surface area contributed by atoms with Crippen molar-refractivity contribution in [3.05, 3.63) is 59.4 Å². The first-order valence-electron chi connectivity index (χ1n) is 11.4. The third-order valence-corrected chi connectivity index (χ3v) is 6.02. The molecule has 1 aromatic carbocycles. The molecule has 0 N–H and O–H groups in total. The largest absolute Gasteiger partial charge is 0.337 e. The van der Waals surface area contributed by atoms with Crippen molar-refractivity contribution in [2.45, 2.75) is 52.6 Å². The number of nitrogens with zero attached hydrogens (tertiary/aromatic N) is 5. The van der Waals surface area contributed by atoms with Crippen LogP contribution in [0.3, 0.4) is 0 Å². The van der Waals surface area contributed by atoms with Gasteiger partial charge in [0.05, 0.1) is 17.1 Å². The number of carbonyl (C=O) groups is 1. The number of hydrogen-bond acceptors (Lipinski definition) is 4. The average Bonchev–Trinajstić information content (AvgIpc) is 3.06. The third kappa shape index (κ3) is 4.64. The van der Waals surface area contributed by atoms with Gasteiger partial charge < -0.3 is 4.90 Å². The minimum atomic E-state index is 0.0965. The lowest BCUT2D eigenvalue weighted by Gasteiger charge is -2.23. The molecule has 0 saturated carbocycles. The average molecular weight is 420 g/mol. The van der Waals surface area contributed by atoms with Crippen LogP contribution in [0.5, 0.6) is 0 Å². The molecule has 31 heavy (non-hydrogen) atoms. The van der Waals surface area contributed by atoms with Gasteiger partial charge in [0.2, 0.25) is 0 Å². The van der Waals surface area contributed by atoms with Crippen LogP contribution >= 0.6 is 0 Å². The van der Waals surface area contributed by atoms with Crippen molar-refractivity contribution < 1.29 is 4.79 Å². The molecule has 0 radical (unpaired) electrons. The van der Waals surface area contributed by atoms with E-state index in [2.05, 4.69) is 68.0 Å². The highest BCUT2D eigenvalue weighted by molar-refractivity contribution is 6.05. The molecule has 0 spiro atoms. The zero-order valence-electron chi connectivity index (χ0n) is 19.1. The summed E-state index contributed by atoms with van der Waals surface area (Å²) in [5.74, 6) is 0.344. The summed E-state index contributed by atoms with van der Waals surface area (Å²) in [7, 11) is 0. The molecule has 1 aliphatic heterocycles. The van der Waals surface area contributed by atoms with Gasteiger partial charge in [-0.25, -0.2) is 9.67 Å². The summed E-state index contributed by atoms with van der Waals surface area (Å²) in [6.07, 6.45) is 2.79. The van der Waals surface area contributed by atoms with E-state index in [1.165, 1.54) is 5.56 Å². The zero-order valence-corrected chi connectivity index (χ0v) is 19.1. The van der Waals surface area contributed by atoms with E-state index in [-0.39, 0.29) is 17.9 Å². The Kier molecular flexibility index (Phi) is 6.37. The molecular weight excluding hydrogens is 386 g/mol. The normalized spacial score (nSPS) is 15.7. The number of rotatable bonds is 5. The SMILES string of the molecule is CC(C)c1cc(C(=O)N2CCCN(Cc3ccccc3)CC2)c2cnn(C(C)C)c2n1. The van der Waals surface area contributed by atoms with E-state index in [1.807, 2.05) is 15.6 Å². The Hall–Kier alpha value is -2.73. The lowest BCUT2D eigenvalue weighted by Crippen LogP contribution is -2.35. The summed E-state index contributed by atoms with van der Waals surface area (Å²) in [5.41, 5.74) is 3.81. The Morgan fingerprint density at radius 2 is 1.81 bits per heavy atom. The summed E-state index contributed by atoms with van der Waals surface area (Å²) >= 11 is 0. The highest BCUT2D eigenvalue weighted by atomic mass is 16.2. The minimum absolute atomic E-state index is 0.0965. The molecule has 0 bridgehead atoms. The second kappa shape index (κ2) is 9.18. The van der Waals surface area contributed by atoms with Gasteiger partial charge in [-0.1, -0.05) is 44.2 Å². The molecule has 1 amide bonds. The van der Waals surface area contributed by atoms with Crippen LogP contribution in [0.25, 0.3) is 11.0 Å². The first-order valence-corrected chi connectivity index (χ1v) is 11.4. The Labute approximate surface area is 184 Å². The van der Waals surface area contributed by atoms with E-state index in [9.17, 15) is 4.79 Å². The molecule has 1 saturated heterocycles. The molecule has 3 heterocycles. The van der Waals surface area contributed by atoms with Gasteiger partial charge in [-0.3, -0.25) is 9.69 Å². The van der Waals surface area contributed by atoms with Gasteiger partial charge in [0.15, 0.2) is 5.65 Å². The number of aromatic nitrogens is 3. The van der Waals surface area contributed by atoms with Crippen molar-refractivity contribution in [1.29, 1.82) is 0 Å². The molecule has 3 aromatic rings. The second-order valence-corrected chi connectivity index (χ2v) is 9.08. The van der Waals surface area contributed by atoms with Crippen LogP contribution < -0.4 is 0 Å². The van der Waals surface area contributed by atoms with E-state index < -0.39 is 0 Å². The van der Waals surface area contributed by atoms with Crippen molar-refractivity contribution in [2.24, 2.45) is 0 Å². The van der Waals surface area contributed by atoms with E-state index in [1.54, 1.807) is 6.20 Å². The van der Waals surface area contributed by atoms with Crippen LogP contribution in [0.15, 0.2) is 42.6 Å². The Morgan fingerprint density at radius 1 is 1.03 bits per heavy atom. The lowest BCUT2D eigenvalue weighted by molar-refractivity contribution is 0.0763. The summed E-state index contributed by atoms with van der Waals surface area (Å²) in [6, 6.07) is 12.7. The smallest absolute Gasteiger partial charge is 0.254 e. The number of pyridine rings is 1. The van der Waals surface area contributed by atoms with Crippen LogP contribution in [0, 0.1) is 0 Å². The van der Waals surface area contributed by atoms with Crippen molar-refractivity contribution in [3.8, 4) is 0 Å². The molecular formula is C25H33N5O. The maximum Gasteiger partial charge on any atom is 0.254 e. The highest BCUT2D eigenvalue weighted by Gasteiger charge is 2.25. The Morgan fingerprint density at radius 3 is 2.52 bits per heavy atom. The summed E-state index contributed by atoms with van der Waals surface area (Å²) in [5, 5.41) is 5.39. The number of carbonyl (C=O) groups excluding carboxylic acids is 1. The molecule has 1 aliphatic rings. The fourth-order valence-electron chi connectivity index (χ4n) is 4.23. The van der Waals surface area contributed by atoms with Crippen molar-refractivity contribution in [2.75, 3.05) is 26.2 Å². The third-order valence-electron chi connectivity index (χ3n) is 6.02. The summed E-state index contributed by atoms with van der Waals surface area (Å²) < 4.78 is 1.92. The molecule has 6 nitrogen and oxygen atoms in total. The molecule has 0 atom stereocenters.